The van der Waals surface area contributed by atoms with E-state index >= 15 is 0 Å². The SMILES string of the molecule is N#Cc1ccc(-c2cc(-c3ccccc3C(F)(F)F)c(C#N)c(N)n2)cc1. The fraction of sp³-hybridized carbons (Fsp3) is 0.0500. The molecule has 2 N–H and O–H groups in total. The first-order valence-corrected chi connectivity index (χ1v) is 7.73. The highest BCUT2D eigenvalue weighted by Crippen LogP contribution is 2.40. The summed E-state index contributed by atoms with van der Waals surface area (Å²) in [5, 5.41) is 18.3. The van der Waals surface area contributed by atoms with E-state index in [1.807, 2.05) is 12.1 Å². The second-order valence-corrected chi connectivity index (χ2v) is 5.66. The van der Waals surface area contributed by atoms with Crippen molar-refractivity contribution in [1.82, 2.24) is 4.98 Å². The minimum Gasteiger partial charge on any atom is -0.383 e. The first-order chi connectivity index (χ1) is 12.8. The van der Waals surface area contributed by atoms with Crippen LogP contribution in [0.4, 0.5) is 19.0 Å². The fourth-order valence-electron chi connectivity index (χ4n) is 2.72. The summed E-state index contributed by atoms with van der Waals surface area (Å²) in [6.07, 6.45) is -4.59. The van der Waals surface area contributed by atoms with E-state index in [1.165, 1.54) is 24.3 Å². The Labute approximate surface area is 152 Å². The van der Waals surface area contributed by atoms with Crippen LogP contribution in [0.3, 0.4) is 0 Å². The maximum absolute atomic E-state index is 13.4. The average Bonchev–Trinajstić information content (AvgIpc) is 2.66. The van der Waals surface area contributed by atoms with Crippen molar-refractivity contribution >= 4 is 5.82 Å². The number of aromatic nitrogens is 1. The summed E-state index contributed by atoms with van der Waals surface area (Å²) in [4.78, 5) is 4.14. The molecule has 0 bridgehead atoms. The fourth-order valence-corrected chi connectivity index (χ4v) is 2.72. The predicted octanol–water partition coefficient (Wildman–Crippen LogP) is 4.76. The third-order valence-corrected chi connectivity index (χ3v) is 3.99. The highest BCUT2D eigenvalue weighted by Gasteiger charge is 2.34. The molecule has 1 aromatic heterocycles. The largest absolute Gasteiger partial charge is 0.417 e. The number of alkyl halides is 3. The Hall–Kier alpha value is -3.84. The van der Waals surface area contributed by atoms with Crippen LogP contribution >= 0.6 is 0 Å². The van der Waals surface area contributed by atoms with Crippen molar-refractivity contribution < 1.29 is 13.2 Å². The zero-order valence-corrected chi connectivity index (χ0v) is 13.7. The summed E-state index contributed by atoms with van der Waals surface area (Å²) in [7, 11) is 0. The molecular formula is C20H11F3N4. The summed E-state index contributed by atoms with van der Waals surface area (Å²) in [6.45, 7) is 0. The molecule has 4 nitrogen and oxygen atoms in total. The third-order valence-electron chi connectivity index (χ3n) is 3.99. The van der Waals surface area contributed by atoms with Gasteiger partial charge in [-0.1, -0.05) is 30.3 Å². The molecule has 2 aromatic carbocycles. The van der Waals surface area contributed by atoms with Crippen molar-refractivity contribution in [3.63, 3.8) is 0 Å². The molecule has 0 spiro atoms. The van der Waals surface area contributed by atoms with E-state index in [4.69, 9.17) is 11.0 Å². The minimum atomic E-state index is -4.59. The van der Waals surface area contributed by atoms with E-state index in [9.17, 15) is 18.4 Å². The van der Waals surface area contributed by atoms with Crippen LogP contribution in [0.25, 0.3) is 22.4 Å². The first kappa shape index (κ1) is 18.0. The van der Waals surface area contributed by atoms with Crippen LogP contribution in [0, 0.1) is 22.7 Å². The van der Waals surface area contributed by atoms with E-state index in [0.29, 0.717) is 16.8 Å². The van der Waals surface area contributed by atoms with Crippen molar-refractivity contribution in [3.05, 3.63) is 71.3 Å². The van der Waals surface area contributed by atoms with Crippen LogP contribution in [-0.4, -0.2) is 4.98 Å². The van der Waals surface area contributed by atoms with Gasteiger partial charge >= 0.3 is 6.18 Å². The van der Waals surface area contributed by atoms with Gasteiger partial charge in [-0.25, -0.2) is 4.98 Å². The molecule has 0 amide bonds. The number of nitrogens with two attached hydrogens (primary N) is 1. The first-order valence-electron chi connectivity index (χ1n) is 7.73. The summed E-state index contributed by atoms with van der Waals surface area (Å²) in [5.74, 6) is -0.161. The summed E-state index contributed by atoms with van der Waals surface area (Å²) in [6, 6.07) is 16.6. The number of pyridine rings is 1. The molecule has 3 rings (SSSR count). The maximum Gasteiger partial charge on any atom is 0.417 e. The van der Waals surface area contributed by atoms with Gasteiger partial charge in [-0.15, -0.1) is 0 Å². The normalized spacial score (nSPS) is 10.9. The maximum atomic E-state index is 13.4. The number of benzene rings is 2. The monoisotopic (exact) mass is 364 g/mol. The Morgan fingerprint density at radius 2 is 1.56 bits per heavy atom. The molecule has 27 heavy (non-hydrogen) atoms. The van der Waals surface area contributed by atoms with Crippen LogP contribution in [0.5, 0.6) is 0 Å². The molecule has 0 saturated heterocycles. The van der Waals surface area contributed by atoms with Gasteiger partial charge < -0.3 is 5.73 Å². The number of hydrogen-bond donors (Lipinski definition) is 1. The van der Waals surface area contributed by atoms with Gasteiger partial charge in [0.1, 0.15) is 17.5 Å². The number of anilines is 1. The lowest BCUT2D eigenvalue weighted by atomic mass is 9.94. The molecule has 7 heteroatoms. The molecule has 132 valence electrons. The van der Waals surface area contributed by atoms with Crippen molar-refractivity contribution in [1.29, 1.82) is 10.5 Å². The van der Waals surface area contributed by atoms with E-state index < -0.39 is 11.7 Å². The van der Waals surface area contributed by atoms with Gasteiger partial charge in [0.2, 0.25) is 0 Å². The second-order valence-electron chi connectivity index (χ2n) is 5.66. The lowest BCUT2D eigenvalue weighted by Gasteiger charge is -2.15. The molecule has 0 aliphatic heterocycles. The predicted molar refractivity (Wildman–Crippen MR) is 94.0 cm³/mol. The van der Waals surface area contributed by atoms with Crippen LogP contribution < -0.4 is 5.73 Å². The highest BCUT2D eigenvalue weighted by molar-refractivity contribution is 5.82. The van der Waals surface area contributed by atoms with Crippen molar-refractivity contribution in [3.8, 4) is 34.5 Å². The topological polar surface area (TPSA) is 86.5 Å². The molecular weight excluding hydrogens is 353 g/mol. The van der Waals surface area contributed by atoms with Crippen LogP contribution in [-0.2, 0) is 6.18 Å². The molecule has 0 radical (unpaired) electrons. The molecule has 0 aliphatic rings. The van der Waals surface area contributed by atoms with Crippen molar-refractivity contribution in [2.24, 2.45) is 0 Å². The number of nitriles is 2. The number of hydrogen-bond acceptors (Lipinski definition) is 4. The van der Waals surface area contributed by atoms with Gasteiger partial charge in [0.15, 0.2) is 0 Å². The minimum absolute atomic E-state index is 0.0530. The smallest absolute Gasteiger partial charge is 0.383 e. The van der Waals surface area contributed by atoms with Crippen LogP contribution in [0.15, 0.2) is 54.6 Å². The third kappa shape index (κ3) is 3.44. The molecule has 1 heterocycles. The van der Waals surface area contributed by atoms with Gasteiger partial charge in [-0.05, 0) is 29.8 Å². The van der Waals surface area contributed by atoms with Crippen LogP contribution in [0.2, 0.25) is 0 Å². The number of halogens is 3. The zero-order chi connectivity index (χ0) is 19.6. The van der Waals surface area contributed by atoms with Gasteiger partial charge in [0.25, 0.3) is 0 Å². The Morgan fingerprint density at radius 3 is 2.15 bits per heavy atom. The second kappa shape index (κ2) is 6.81. The summed E-state index contributed by atoms with van der Waals surface area (Å²) >= 11 is 0. The number of nitrogens with zero attached hydrogens (tertiary/aromatic N) is 3. The molecule has 0 atom stereocenters. The number of rotatable bonds is 2. The lowest BCUT2D eigenvalue weighted by molar-refractivity contribution is -0.137. The summed E-state index contributed by atoms with van der Waals surface area (Å²) < 4.78 is 40.3. The van der Waals surface area contributed by atoms with Gasteiger partial charge in [-0.3, -0.25) is 0 Å². The average molecular weight is 364 g/mol. The molecule has 0 fully saturated rings. The summed E-state index contributed by atoms with van der Waals surface area (Å²) in [5.41, 5.74) is 6.08. The number of nitrogen functional groups attached to an aromatic ring is 1. The molecule has 0 aliphatic carbocycles. The molecule has 0 unspecified atom stereocenters. The van der Waals surface area contributed by atoms with E-state index in [1.54, 1.807) is 24.3 Å². The Kier molecular flexibility index (Phi) is 4.53. The van der Waals surface area contributed by atoms with Crippen molar-refractivity contribution in [2.45, 2.75) is 6.18 Å². The van der Waals surface area contributed by atoms with Gasteiger partial charge in [0.05, 0.1) is 22.9 Å². The Bertz CT molecular complexity index is 1090. The molecule has 3 aromatic rings. The van der Waals surface area contributed by atoms with E-state index in [-0.39, 0.29) is 22.5 Å². The van der Waals surface area contributed by atoms with Gasteiger partial charge in [0, 0.05) is 11.1 Å². The van der Waals surface area contributed by atoms with Gasteiger partial charge in [-0.2, -0.15) is 23.7 Å². The standard InChI is InChI=1S/C20H11F3N4/c21-20(22,23)17-4-2-1-3-14(17)15-9-18(27-19(26)16(15)11-25)13-7-5-12(10-24)6-8-13/h1-9H,(H2,26,27). The van der Waals surface area contributed by atoms with E-state index in [0.717, 1.165) is 6.07 Å². The molecule has 0 saturated carbocycles. The Balaban J connectivity index is 2.26. The zero-order valence-electron chi connectivity index (χ0n) is 13.7. The quantitative estimate of drug-likeness (QED) is 0.710. The van der Waals surface area contributed by atoms with Crippen LogP contribution in [0.1, 0.15) is 16.7 Å². The van der Waals surface area contributed by atoms with E-state index in [2.05, 4.69) is 4.98 Å². The van der Waals surface area contributed by atoms with Crippen molar-refractivity contribution in [2.75, 3.05) is 5.73 Å². The lowest BCUT2D eigenvalue weighted by Crippen LogP contribution is -2.08. The Morgan fingerprint density at radius 1 is 0.889 bits per heavy atom. The highest BCUT2D eigenvalue weighted by atomic mass is 19.4.